The molecule has 0 atom stereocenters. The summed E-state index contributed by atoms with van der Waals surface area (Å²) in [4.78, 5) is 10.4. The zero-order valence-electron chi connectivity index (χ0n) is 10.5. The standard InChI is InChI=1S/C13H18N2O3/c1-18-13-8-11(7-12(9-13)15(16)17)14-6-2-3-10-4-5-10/h7-10,14H,2-6H2,1H3. The Bertz CT molecular complexity index is 430. The average molecular weight is 250 g/mol. The first-order chi connectivity index (χ1) is 8.69. The smallest absolute Gasteiger partial charge is 0.275 e. The maximum Gasteiger partial charge on any atom is 0.275 e. The molecule has 1 saturated carbocycles. The van der Waals surface area contributed by atoms with Crippen molar-refractivity contribution in [3.8, 4) is 5.75 Å². The largest absolute Gasteiger partial charge is 0.496 e. The Morgan fingerprint density at radius 3 is 2.83 bits per heavy atom. The summed E-state index contributed by atoms with van der Waals surface area (Å²) >= 11 is 0. The lowest BCUT2D eigenvalue weighted by Crippen LogP contribution is -2.02. The van der Waals surface area contributed by atoms with Gasteiger partial charge < -0.3 is 10.1 Å². The van der Waals surface area contributed by atoms with Gasteiger partial charge in [0.25, 0.3) is 5.69 Å². The Morgan fingerprint density at radius 1 is 1.44 bits per heavy atom. The Kier molecular flexibility index (Phi) is 4.02. The van der Waals surface area contributed by atoms with Crippen LogP contribution in [0, 0.1) is 16.0 Å². The van der Waals surface area contributed by atoms with Crippen molar-refractivity contribution in [2.24, 2.45) is 5.92 Å². The molecule has 0 unspecified atom stereocenters. The van der Waals surface area contributed by atoms with Gasteiger partial charge in [0, 0.05) is 24.4 Å². The number of rotatable bonds is 7. The van der Waals surface area contributed by atoms with E-state index in [9.17, 15) is 10.1 Å². The number of anilines is 1. The highest BCUT2D eigenvalue weighted by Gasteiger charge is 2.20. The first-order valence-corrected chi connectivity index (χ1v) is 6.26. The van der Waals surface area contributed by atoms with Gasteiger partial charge in [0.2, 0.25) is 0 Å². The summed E-state index contributed by atoms with van der Waals surface area (Å²) in [5.41, 5.74) is 0.802. The van der Waals surface area contributed by atoms with Gasteiger partial charge in [0.1, 0.15) is 5.75 Å². The molecule has 1 aliphatic carbocycles. The molecule has 0 saturated heterocycles. The number of non-ortho nitro benzene ring substituents is 1. The third-order valence-corrected chi connectivity index (χ3v) is 3.15. The van der Waals surface area contributed by atoms with Crippen LogP contribution in [0.5, 0.6) is 5.75 Å². The van der Waals surface area contributed by atoms with Crippen LogP contribution in [-0.2, 0) is 0 Å². The van der Waals surface area contributed by atoms with E-state index in [0.29, 0.717) is 5.75 Å². The molecule has 0 aliphatic heterocycles. The normalized spacial score (nSPS) is 14.3. The number of methoxy groups -OCH3 is 1. The predicted octanol–water partition coefficient (Wildman–Crippen LogP) is 3.21. The van der Waals surface area contributed by atoms with Crippen LogP contribution in [0.2, 0.25) is 0 Å². The van der Waals surface area contributed by atoms with E-state index in [1.165, 1.54) is 32.4 Å². The Balaban J connectivity index is 1.92. The summed E-state index contributed by atoms with van der Waals surface area (Å²) in [6.45, 7) is 0.848. The second-order valence-electron chi connectivity index (χ2n) is 4.69. The van der Waals surface area contributed by atoms with E-state index in [2.05, 4.69) is 5.32 Å². The van der Waals surface area contributed by atoms with E-state index < -0.39 is 4.92 Å². The molecule has 0 spiro atoms. The van der Waals surface area contributed by atoms with Crippen molar-refractivity contribution in [3.63, 3.8) is 0 Å². The third-order valence-electron chi connectivity index (χ3n) is 3.15. The highest BCUT2D eigenvalue weighted by molar-refractivity contribution is 5.56. The molecule has 0 bridgehead atoms. The molecule has 1 aromatic rings. The first kappa shape index (κ1) is 12.7. The molecular weight excluding hydrogens is 232 g/mol. The minimum Gasteiger partial charge on any atom is -0.496 e. The first-order valence-electron chi connectivity index (χ1n) is 6.26. The number of nitro groups is 1. The molecular formula is C13H18N2O3. The number of ether oxygens (including phenoxy) is 1. The van der Waals surface area contributed by atoms with E-state index in [0.717, 1.165) is 24.6 Å². The number of nitrogens with zero attached hydrogens (tertiary/aromatic N) is 1. The maximum atomic E-state index is 10.8. The Hall–Kier alpha value is -1.78. The quantitative estimate of drug-likeness (QED) is 0.458. The lowest BCUT2D eigenvalue weighted by atomic mass is 10.2. The van der Waals surface area contributed by atoms with Gasteiger partial charge in [-0.05, 0) is 18.8 Å². The number of nitrogens with one attached hydrogen (secondary N) is 1. The second kappa shape index (κ2) is 5.71. The molecule has 2 rings (SSSR count). The van der Waals surface area contributed by atoms with Gasteiger partial charge in [-0.2, -0.15) is 0 Å². The lowest BCUT2D eigenvalue weighted by molar-refractivity contribution is -0.384. The van der Waals surface area contributed by atoms with Crippen LogP contribution in [-0.4, -0.2) is 18.6 Å². The summed E-state index contributed by atoms with van der Waals surface area (Å²) < 4.78 is 5.06. The summed E-state index contributed by atoms with van der Waals surface area (Å²) in [5.74, 6) is 1.43. The topological polar surface area (TPSA) is 64.4 Å². The SMILES string of the molecule is COc1cc(NCCCC2CC2)cc([N+](=O)[O-])c1. The zero-order valence-corrected chi connectivity index (χ0v) is 10.5. The van der Waals surface area contributed by atoms with Crippen LogP contribution in [0.25, 0.3) is 0 Å². The average Bonchev–Trinajstić information content (AvgIpc) is 3.18. The van der Waals surface area contributed by atoms with Crippen molar-refractivity contribution in [3.05, 3.63) is 28.3 Å². The summed E-state index contributed by atoms with van der Waals surface area (Å²) in [6, 6.07) is 4.75. The molecule has 0 amide bonds. The molecule has 1 N–H and O–H groups in total. The van der Waals surface area contributed by atoms with Gasteiger partial charge in [-0.15, -0.1) is 0 Å². The van der Waals surface area contributed by atoms with Crippen molar-refractivity contribution in [2.45, 2.75) is 25.7 Å². The third kappa shape index (κ3) is 3.61. The Labute approximate surface area is 106 Å². The molecule has 5 nitrogen and oxygen atoms in total. The fourth-order valence-corrected chi connectivity index (χ4v) is 1.94. The van der Waals surface area contributed by atoms with Gasteiger partial charge in [-0.3, -0.25) is 10.1 Å². The summed E-state index contributed by atoms with van der Waals surface area (Å²) in [6.07, 6.45) is 5.09. The van der Waals surface area contributed by atoms with Crippen LogP contribution in [0.1, 0.15) is 25.7 Å². The molecule has 0 aromatic heterocycles. The molecule has 1 fully saturated rings. The van der Waals surface area contributed by atoms with E-state index in [-0.39, 0.29) is 5.69 Å². The van der Waals surface area contributed by atoms with E-state index in [4.69, 9.17) is 4.74 Å². The Morgan fingerprint density at radius 2 is 2.22 bits per heavy atom. The van der Waals surface area contributed by atoms with Gasteiger partial charge in [-0.1, -0.05) is 12.8 Å². The fraction of sp³-hybridized carbons (Fsp3) is 0.538. The molecule has 18 heavy (non-hydrogen) atoms. The summed E-state index contributed by atoms with van der Waals surface area (Å²) in [7, 11) is 1.51. The van der Waals surface area contributed by atoms with E-state index >= 15 is 0 Å². The van der Waals surface area contributed by atoms with Crippen molar-refractivity contribution in [2.75, 3.05) is 19.0 Å². The lowest BCUT2D eigenvalue weighted by Gasteiger charge is -2.08. The maximum absolute atomic E-state index is 10.8. The number of benzene rings is 1. The number of hydrogen-bond donors (Lipinski definition) is 1. The van der Waals surface area contributed by atoms with Crippen LogP contribution in [0.3, 0.4) is 0 Å². The second-order valence-corrected chi connectivity index (χ2v) is 4.69. The zero-order chi connectivity index (χ0) is 13.0. The van der Waals surface area contributed by atoms with E-state index in [1.54, 1.807) is 12.1 Å². The van der Waals surface area contributed by atoms with Crippen LogP contribution < -0.4 is 10.1 Å². The van der Waals surface area contributed by atoms with Gasteiger partial charge in [0.05, 0.1) is 18.1 Å². The number of nitro benzene ring substituents is 1. The monoisotopic (exact) mass is 250 g/mol. The number of hydrogen-bond acceptors (Lipinski definition) is 4. The molecule has 1 aliphatic rings. The minimum atomic E-state index is -0.405. The van der Waals surface area contributed by atoms with Crippen LogP contribution >= 0.6 is 0 Å². The molecule has 5 heteroatoms. The van der Waals surface area contributed by atoms with Crippen LogP contribution in [0.15, 0.2) is 18.2 Å². The van der Waals surface area contributed by atoms with Crippen LogP contribution in [0.4, 0.5) is 11.4 Å². The van der Waals surface area contributed by atoms with Crippen molar-refractivity contribution in [1.29, 1.82) is 0 Å². The minimum absolute atomic E-state index is 0.0547. The molecule has 98 valence electrons. The van der Waals surface area contributed by atoms with Crippen molar-refractivity contribution in [1.82, 2.24) is 0 Å². The van der Waals surface area contributed by atoms with Gasteiger partial charge in [0.15, 0.2) is 0 Å². The van der Waals surface area contributed by atoms with Gasteiger partial charge in [-0.25, -0.2) is 0 Å². The highest BCUT2D eigenvalue weighted by Crippen LogP contribution is 2.33. The molecule has 0 heterocycles. The fourth-order valence-electron chi connectivity index (χ4n) is 1.94. The highest BCUT2D eigenvalue weighted by atomic mass is 16.6. The van der Waals surface area contributed by atoms with Gasteiger partial charge >= 0.3 is 0 Å². The van der Waals surface area contributed by atoms with E-state index in [1.807, 2.05) is 0 Å². The van der Waals surface area contributed by atoms with Crippen molar-refractivity contribution < 1.29 is 9.66 Å². The molecule has 0 radical (unpaired) electrons. The predicted molar refractivity (Wildman–Crippen MR) is 70.1 cm³/mol. The molecule has 1 aromatic carbocycles. The summed E-state index contributed by atoms with van der Waals surface area (Å²) in [5, 5.41) is 14.0. The van der Waals surface area contributed by atoms with Crippen molar-refractivity contribution >= 4 is 11.4 Å².